The summed E-state index contributed by atoms with van der Waals surface area (Å²) in [6.07, 6.45) is -10.9. The summed E-state index contributed by atoms with van der Waals surface area (Å²) >= 11 is 0. The third kappa shape index (κ3) is 4.44. The van der Waals surface area contributed by atoms with E-state index in [9.17, 15) is 84.1 Å². The van der Waals surface area contributed by atoms with Gasteiger partial charge in [0.2, 0.25) is 0 Å². The molecule has 1 aromatic rings. The minimum atomic E-state index is -8.72. The van der Waals surface area contributed by atoms with Gasteiger partial charge in [-0.3, -0.25) is 0 Å². The first kappa shape index (κ1) is 31.9. The molecule has 0 saturated carbocycles. The van der Waals surface area contributed by atoms with E-state index in [1.807, 2.05) is 0 Å². The molecule has 1 unspecified atom stereocenters. The van der Waals surface area contributed by atoms with Crippen LogP contribution in [0, 0.1) is 5.82 Å². The number of alkyl halides is 17. The Bertz CT molecular complexity index is 928. The SMILES string of the molecule is CC(O)(CC(F)(F)C(F)(F)C(F)(F)C(F)(F)C(F)(F)C(F)(F)C(F)(F)C(F)(F)F)c1ccc(F)cc1. The highest BCUT2D eigenvalue weighted by Crippen LogP contribution is 2.64. The lowest BCUT2D eigenvalue weighted by molar-refractivity contribution is -0.462. The number of rotatable bonds is 9. The van der Waals surface area contributed by atoms with Crippen molar-refractivity contribution in [1.82, 2.24) is 0 Å². The van der Waals surface area contributed by atoms with E-state index in [-0.39, 0.29) is 6.92 Å². The zero-order valence-electron chi connectivity index (χ0n) is 16.8. The van der Waals surface area contributed by atoms with E-state index in [1.165, 1.54) is 0 Å². The molecule has 0 aromatic heterocycles. The Kier molecular flexibility index (Phi) is 7.52. The van der Waals surface area contributed by atoms with Crippen LogP contribution in [0.15, 0.2) is 24.3 Å². The Hall–Kier alpha value is -2.08. The van der Waals surface area contributed by atoms with Crippen molar-refractivity contribution in [3.05, 3.63) is 35.6 Å². The largest absolute Gasteiger partial charge is 0.460 e. The van der Waals surface area contributed by atoms with Gasteiger partial charge >= 0.3 is 47.6 Å². The van der Waals surface area contributed by atoms with Gasteiger partial charge in [-0.05, 0) is 24.6 Å². The van der Waals surface area contributed by atoms with Crippen molar-refractivity contribution in [1.29, 1.82) is 0 Å². The molecule has 1 N–H and O–H groups in total. The summed E-state index contributed by atoms with van der Waals surface area (Å²) < 4.78 is 238. The van der Waals surface area contributed by atoms with E-state index in [1.54, 1.807) is 0 Å². The lowest BCUT2D eigenvalue weighted by atomic mass is 9.83. The van der Waals surface area contributed by atoms with Gasteiger partial charge in [-0.1, -0.05) is 12.1 Å². The summed E-state index contributed by atoms with van der Waals surface area (Å²) in [5.41, 5.74) is -4.45. The van der Waals surface area contributed by atoms with E-state index < -0.39 is 71.0 Å². The van der Waals surface area contributed by atoms with Gasteiger partial charge in [0.1, 0.15) is 5.82 Å². The molecule has 0 saturated heterocycles. The van der Waals surface area contributed by atoms with Gasteiger partial charge in [-0.2, -0.15) is 74.6 Å². The summed E-state index contributed by atoms with van der Waals surface area (Å²) in [4.78, 5) is 0. The van der Waals surface area contributed by atoms with Gasteiger partial charge in [0.15, 0.2) is 0 Å². The first-order chi connectivity index (χ1) is 15.5. The Morgan fingerprint density at radius 2 is 0.833 bits per heavy atom. The van der Waals surface area contributed by atoms with Gasteiger partial charge in [0.05, 0.1) is 12.0 Å². The molecule has 0 fully saturated rings. The van der Waals surface area contributed by atoms with Gasteiger partial charge in [0, 0.05) is 0 Å². The number of halogens is 18. The van der Waals surface area contributed by atoms with Crippen molar-refractivity contribution in [2.24, 2.45) is 0 Å². The molecule has 0 amide bonds. The Labute approximate surface area is 187 Å². The van der Waals surface area contributed by atoms with Crippen LogP contribution >= 0.6 is 0 Å². The molecule has 0 aliphatic carbocycles. The zero-order chi connectivity index (χ0) is 29.2. The number of benzene rings is 1. The van der Waals surface area contributed by atoms with E-state index in [2.05, 4.69) is 0 Å². The predicted molar refractivity (Wildman–Crippen MR) is 81.3 cm³/mol. The highest BCUT2D eigenvalue weighted by atomic mass is 19.4. The van der Waals surface area contributed by atoms with Crippen LogP contribution in [-0.2, 0) is 5.60 Å². The molecular formula is C17H10F18O. The fourth-order valence-electron chi connectivity index (χ4n) is 2.65. The fourth-order valence-corrected chi connectivity index (χ4v) is 2.65. The van der Waals surface area contributed by atoms with Crippen LogP contribution in [0.4, 0.5) is 79.0 Å². The van der Waals surface area contributed by atoms with Crippen LogP contribution in [0.2, 0.25) is 0 Å². The highest BCUT2D eigenvalue weighted by Gasteiger charge is 2.95. The summed E-state index contributed by atoms with van der Waals surface area (Å²) in [5.74, 6) is -58.5. The molecule has 36 heavy (non-hydrogen) atoms. The van der Waals surface area contributed by atoms with Gasteiger partial charge in [-0.15, -0.1) is 0 Å². The molecule has 1 nitrogen and oxygen atoms in total. The zero-order valence-corrected chi connectivity index (χ0v) is 16.8. The van der Waals surface area contributed by atoms with Crippen molar-refractivity contribution in [2.45, 2.75) is 66.6 Å². The second-order valence-electron chi connectivity index (χ2n) is 7.61. The molecule has 0 radical (unpaired) electrons. The summed E-state index contributed by atoms with van der Waals surface area (Å²) in [7, 11) is 0. The van der Waals surface area contributed by atoms with Crippen LogP contribution in [0.1, 0.15) is 18.9 Å². The Balaban J connectivity index is 3.60. The molecule has 0 aliphatic heterocycles. The van der Waals surface area contributed by atoms with E-state index >= 15 is 0 Å². The third-order valence-corrected chi connectivity index (χ3v) is 4.82. The molecule has 0 spiro atoms. The topological polar surface area (TPSA) is 20.2 Å². The lowest BCUT2D eigenvalue weighted by Crippen LogP contribution is -2.74. The second kappa shape index (κ2) is 8.47. The van der Waals surface area contributed by atoms with Gasteiger partial charge < -0.3 is 5.11 Å². The summed E-state index contributed by atoms with van der Waals surface area (Å²) in [6, 6.07) is 1.58. The van der Waals surface area contributed by atoms with Crippen molar-refractivity contribution in [3.8, 4) is 0 Å². The summed E-state index contributed by atoms with van der Waals surface area (Å²) in [6.45, 7) is 0.132. The first-order valence-electron chi connectivity index (χ1n) is 8.65. The smallest absolute Gasteiger partial charge is 0.385 e. The maximum absolute atomic E-state index is 14.0. The second-order valence-corrected chi connectivity index (χ2v) is 7.61. The standard InChI is InChI=1S/C17H10F18O/c1-9(36,7-2-4-8(18)5-3-7)6-10(19,20)11(21,22)12(23,24)13(25,26)14(27,28)15(29,30)16(31,32)17(33,34)35/h2-5,36H,6H2,1H3. The lowest BCUT2D eigenvalue weighted by Gasteiger charge is -2.43. The highest BCUT2D eigenvalue weighted by molar-refractivity contribution is 5.24. The molecule has 1 atom stereocenters. The maximum atomic E-state index is 14.0. The number of hydrogen-bond donors (Lipinski definition) is 1. The number of aliphatic hydroxyl groups is 1. The predicted octanol–water partition coefficient (Wildman–Crippen LogP) is 7.43. The van der Waals surface area contributed by atoms with Crippen LogP contribution in [-0.4, -0.2) is 52.7 Å². The molecule has 19 heteroatoms. The average molecular weight is 572 g/mol. The normalized spacial score (nSPS) is 17.2. The van der Waals surface area contributed by atoms with E-state index in [4.69, 9.17) is 0 Å². The quantitative estimate of drug-likeness (QED) is 0.306. The van der Waals surface area contributed by atoms with Gasteiger partial charge in [-0.25, -0.2) is 4.39 Å². The van der Waals surface area contributed by atoms with Crippen molar-refractivity contribution in [3.63, 3.8) is 0 Å². The number of hydrogen-bond acceptors (Lipinski definition) is 1. The molecule has 210 valence electrons. The van der Waals surface area contributed by atoms with Crippen LogP contribution in [0.3, 0.4) is 0 Å². The minimum absolute atomic E-state index is 0.132. The van der Waals surface area contributed by atoms with Gasteiger partial charge in [0.25, 0.3) is 0 Å². The van der Waals surface area contributed by atoms with E-state index in [0.29, 0.717) is 24.3 Å². The molecule has 0 bridgehead atoms. The molecule has 0 aliphatic rings. The molecule has 1 aromatic carbocycles. The first-order valence-corrected chi connectivity index (χ1v) is 8.65. The Morgan fingerprint density at radius 3 is 1.17 bits per heavy atom. The van der Waals surface area contributed by atoms with Crippen LogP contribution < -0.4 is 0 Å². The maximum Gasteiger partial charge on any atom is 0.460 e. The van der Waals surface area contributed by atoms with E-state index in [0.717, 1.165) is 0 Å². The fraction of sp³-hybridized carbons (Fsp3) is 0.647. The Morgan fingerprint density at radius 1 is 0.528 bits per heavy atom. The average Bonchev–Trinajstić information content (AvgIpc) is 2.65. The van der Waals surface area contributed by atoms with Crippen molar-refractivity contribution >= 4 is 0 Å². The molecule has 1 rings (SSSR count). The van der Waals surface area contributed by atoms with Crippen molar-refractivity contribution in [2.75, 3.05) is 0 Å². The van der Waals surface area contributed by atoms with Crippen LogP contribution in [0.5, 0.6) is 0 Å². The van der Waals surface area contributed by atoms with Crippen molar-refractivity contribution < 1.29 is 84.1 Å². The van der Waals surface area contributed by atoms with Crippen LogP contribution in [0.25, 0.3) is 0 Å². The molecular weight excluding hydrogens is 562 g/mol. The summed E-state index contributed by atoms with van der Waals surface area (Å²) in [5, 5.41) is 9.87. The minimum Gasteiger partial charge on any atom is -0.385 e. The molecule has 0 heterocycles. The third-order valence-electron chi connectivity index (χ3n) is 4.82. The monoisotopic (exact) mass is 572 g/mol.